The maximum absolute atomic E-state index is 13.0. The first-order valence-electron chi connectivity index (χ1n) is 7.94. The fraction of sp³-hybridized carbons (Fsp3) is 0.158. The highest BCUT2D eigenvalue weighted by atomic mass is 35.5. The molecule has 0 aliphatic carbocycles. The van der Waals surface area contributed by atoms with Gasteiger partial charge in [-0.2, -0.15) is 5.10 Å². The van der Waals surface area contributed by atoms with E-state index in [9.17, 15) is 9.18 Å². The number of para-hydroxylation sites is 1. The zero-order chi connectivity index (χ0) is 18.5. The summed E-state index contributed by atoms with van der Waals surface area (Å²) < 4.78 is 20.1. The number of aromatic nitrogens is 2. The zero-order valence-electron chi connectivity index (χ0n) is 14.1. The lowest BCUT2D eigenvalue weighted by Crippen LogP contribution is -2.30. The Bertz CT molecular complexity index is 899. The summed E-state index contributed by atoms with van der Waals surface area (Å²) in [7, 11) is 1.68. The van der Waals surface area contributed by atoms with E-state index < -0.39 is 5.82 Å². The molecule has 0 unspecified atom stereocenters. The Labute approximate surface area is 155 Å². The number of hydrogen-bond donors (Lipinski definition) is 0. The van der Waals surface area contributed by atoms with Gasteiger partial charge in [-0.1, -0.05) is 29.8 Å². The van der Waals surface area contributed by atoms with Crippen LogP contribution in [-0.2, 0) is 11.3 Å². The number of hydrogen-bond acceptors (Lipinski definition) is 3. The van der Waals surface area contributed by atoms with Gasteiger partial charge in [0.2, 0.25) is 0 Å². The molecule has 7 heteroatoms. The van der Waals surface area contributed by atoms with E-state index in [4.69, 9.17) is 16.3 Å². The molecular formula is C19H17ClFN3O2. The average Bonchev–Trinajstić information content (AvgIpc) is 3.10. The molecule has 0 bridgehead atoms. The monoisotopic (exact) mass is 373 g/mol. The van der Waals surface area contributed by atoms with Crippen LogP contribution < -0.4 is 4.74 Å². The molecular weight excluding hydrogens is 357 g/mol. The summed E-state index contributed by atoms with van der Waals surface area (Å²) in [4.78, 5) is 13.8. The van der Waals surface area contributed by atoms with Crippen molar-refractivity contribution in [2.24, 2.45) is 0 Å². The molecule has 1 heterocycles. The van der Waals surface area contributed by atoms with Crippen LogP contribution in [0.5, 0.6) is 5.75 Å². The minimum absolute atomic E-state index is 0.129. The molecule has 1 aromatic heterocycles. The average molecular weight is 374 g/mol. The summed E-state index contributed by atoms with van der Waals surface area (Å²) in [5, 5.41) is 4.44. The molecule has 5 nitrogen and oxygen atoms in total. The number of amides is 1. The Balaban J connectivity index is 1.57. The van der Waals surface area contributed by atoms with Crippen LogP contribution in [0.25, 0.3) is 5.69 Å². The van der Waals surface area contributed by atoms with E-state index in [1.54, 1.807) is 17.9 Å². The number of ether oxygens (including phenoxy) is 1. The molecule has 0 spiro atoms. The highest BCUT2D eigenvalue weighted by Gasteiger charge is 2.13. The van der Waals surface area contributed by atoms with Gasteiger partial charge in [0, 0.05) is 25.4 Å². The van der Waals surface area contributed by atoms with Gasteiger partial charge in [-0.25, -0.2) is 9.07 Å². The van der Waals surface area contributed by atoms with Gasteiger partial charge in [0.25, 0.3) is 5.91 Å². The van der Waals surface area contributed by atoms with E-state index in [0.29, 0.717) is 6.54 Å². The van der Waals surface area contributed by atoms with Crippen molar-refractivity contribution in [2.75, 3.05) is 13.7 Å². The summed E-state index contributed by atoms with van der Waals surface area (Å²) >= 11 is 5.88. The van der Waals surface area contributed by atoms with Crippen molar-refractivity contribution < 1.29 is 13.9 Å². The van der Waals surface area contributed by atoms with E-state index in [1.807, 2.05) is 36.5 Å². The van der Waals surface area contributed by atoms with Crippen molar-refractivity contribution in [3.8, 4) is 11.4 Å². The SMILES string of the molecule is CN(Cc1cnn(-c2ccccc2)c1)C(=O)COc1ccc(F)cc1Cl. The molecule has 3 rings (SSSR count). The van der Waals surface area contributed by atoms with Gasteiger partial charge in [-0.05, 0) is 30.3 Å². The van der Waals surface area contributed by atoms with E-state index in [0.717, 1.165) is 17.3 Å². The number of rotatable bonds is 6. The highest BCUT2D eigenvalue weighted by molar-refractivity contribution is 6.32. The maximum atomic E-state index is 13.0. The van der Waals surface area contributed by atoms with E-state index in [2.05, 4.69) is 5.10 Å². The Kier molecular flexibility index (Phi) is 5.53. The molecule has 0 saturated carbocycles. The van der Waals surface area contributed by atoms with Gasteiger partial charge in [0.05, 0.1) is 16.9 Å². The summed E-state index contributed by atoms with van der Waals surface area (Å²) in [6.45, 7) is 0.209. The largest absolute Gasteiger partial charge is 0.482 e. The third kappa shape index (κ3) is 4.40. The van der Waals surface area contributed by atoms with Crippen LogP contribution >= 0.6 is 11.6 Å². The molecule has 0 atom stereocenters. The van der Waals surface area contributed by atoms with Crippen LogP contribution in [0, 0.1) is 5.82 Å². The standard InChI is InChI=1S/C19H17ClFN3O2/c1-23(19(25)13-26-18-8-7-15(21)9-17(18)20)11-14-10-22-24(12-14)16-5-3-2-4-6-16/h2-10,12H,11,13H2,1H3. The number of benzene rings is 2. The van der Waals surface area contributed by atoms with Crippen LogP contribution in [-0.4, -0.2) is 34.2 Å². The van der Waals surface area contributed by atoms with E-state index in [1.165, 1.54) is 17.0 Å². The second-order valence-electron chi connectivity index (χ2n) is 5.74. The van der Waals surface area contributed by atoms with Crippen molar-refractivity contribution >= 4 is 17.5 Å². The predicted octanol–water partition coefficient (Wildman–Crippen LogP) is 3.70. The van der Waals surface area contributed by atoms with Crippen molar-refractivity contribution in [2.45, 2.75) is 6.54 Å². The summed E-state index contributed by atoms with van der Waals surface area (Å²) in [6, 6.07) is 13.5. The van der Waals surface area contributed by atoms with Crippen LogP contribution in [0.15, 0.2) is 60.9 Å². The van der Waals surface area contributed by atoms with Crippen LogP contribution in [0.3, 0.4) is 0 Å². The quantitative estimate of drug-likeness (QED) is 0.662. The fourth-order valence-electron chi connectivity index (χ4n) is 2.37. The van der Waals surface area contributed by atoms with Crippen LogP contribution in [0.1, 0.15) is 5.56 Å². The Hall–Kier alpha value is -2.86. The van der Waals surface area contributed by atoms with Crippen molar-refractivity contribution in [1.29, 1.82) is 0 Å². The van der Waals surface area contributed by atoms with Gasteiger partial charge in [0.1, 0.15) is 11.6 Å². The number of nitrogens with zero attached hydrogens (tertiary/aromatic N) is 3. The van der Waals surface area contributed by atoms with Gasteiger partial charge in [-0.3, -0.25) is 4.79 Å². The lowest BCUT2D eigenvalue weighted by Gasteiger charge is -2.17. The molecule has 134 valence electrons. The number of carbonyl (C=O) groups is 1. The smallest absolute Gasteiger partial charge is 0.260 e. The summed E-state index contributed by atoms with van der Waals surface area (Å²) in [5.41, 5.74) is 1.84. The fourth-order valence-corrected chi connectivity index (χ4v) is 2.59. The van der Waals surface area contributed by atoms with Gasteiger partial charge in [0.15, 0.2) is 6.61 Å². The third-order valence-electron chi connectivity index (χ3n) is 3.75. The second kappa shape index (κ2) is 8.01. The molecule has 0 N–H and O–H groups in total. The van der Waals surface area contributed by atoms with Crippen molar-refractivity contribution in [1.82, 2.24) is 14.7 Å². The molecule has 0 aliphatic heterocycles. The number of likely N-dealkylation sites (N-methyl/N-ethyl adjacent to an activating group) is 1. The predicted molar refractivity (Wildman–Crippen MR) is 96.9 cm³/mol. The lowest BCUT2D eigenvalue weighted by atomic mass is 10.3. The van der Waals surface area contributed by atoms with Gasteiger partial charge < -0.3 is 9.64 Å². The third-order valence-corrected chi connectivity index (χ3v) is 4.04. The molecule has 0 fully saturated rings. The molecule has 0 aliphatic rings. The zero-order valence-corrected chi connectivity index (χ0v) is 14.9. The minimum atomic E-state index is -0.457. The first-order valence-corrected chi connectivity index (χ1v) is 8.31. The normalized spacial score (nSPS) is 10.6. The molecule has 2 aromatic carbocycles. The van der Waals surface area contributed by atoms with Gasteiger partial charge in [-0.15, -0.1) is 0 Å². The molecule has 3 aromatic rings. The summed E-state index contributed by atoms with van der Waals surface area (Å²) in [6.07, 6.45) is 3.59. The van der Waals surface area contributed by atoms with E-state index >= 15 is 0 Å². The first-order chi connectivity index (χ1) is 12.5. The molecule has 0 saturated heterocycles. The van der Waals surface area contributed by atoms with E-state index in [-0.39, 0.29) is 23.3 Å². The lowest BCUT2D eigenvalue weighted by molar-refractivity contribution is -0.132. The van der Waals surface area contributed by atoms with Crippen LogP contribution in [0.4, 0.5) is 4.39 Å². The van der Waals surface area contributed by atoms with Gasteiger partial charge >= 0.3 is 0 Å². The Morgan fingerprint density at radius 2 is 2.04 bits per heavy atom. The Morgan fingerprint density at radius 3 is 2.77 bits per heavy atom. The topological polar surface area (TPSA) is 47.4 Å². The highest BCUT2D eigenvalue weighted by Crippen LogP contribution is 2.24. The Morgan fingerprint density at radius 1 is 1.27 bits per heavy atom. The second-order valence-corrected chi connectivity index (χ2v) is 6.15. The maximum Gasteiger partial charge on any atom is 0.260 e. The molecule has 0 radical (unpaired) electrons. The first kappa shape index (κ1) is 17.9. The van der Waals surface area contributed by atoms with Crippen molar-refractivity contribution in [3.63, 3.8) is 0 Å². The molecule has 26 heavy (non-hydrogen) atoms. The number of halogens is 2. The van der Waals surface area contributed by atoms with Crippen LogP contribution in [0.2, 0.25) is 5.02 Å². The summed E-state index contributed by atoms with van der Waals surface area (Å²) in [5.74, 6) is -0.411. The number of carbonyl (C=O) groups excluding carboxylic acids is 1. The minimum Gasteiger partial charge on any atom is -0.482 e. The van der Waals surface area contributed by atoms with Crippen molar-refractivity contribution in [3.05, 3.63) is 77.3 Å². The molecule has 1 amide bonds.